The van der Waals surface area contributed by atoms with E-state index in [0.717, 1.165) is 31.8 Å². The van der Waals surface area contributed by atoms with Crippen molar-refractivity contribution in [3.05, 3.63) is 30.1 Å². The van der Waals surface area contributed by atoms with Crippen LogP contribution in [0.2, 0.25) is 0 Å². The molecule has 1 aliphatic carbocycles. The van der Waals surface area contributed by atoms with Gasteiger partial charge in [0.15, 0.2) is 0 Å². The molecule has 1 aromatic heterocycles. The maximum Gasteiger partial charge on any atom is 0.225 e. The summed E-state index contributed by atoms with van der Waals surface area (Å²) < 4.78 is 0. The number of rotatable bonds is 5. The van der Waals surface area contributed by atoms with Crippen molar-refractivity contribution in [2.24, 2.45) is 11.8 Å². The third-order valence-corrected chi connectivity index (χ3v) is 5.51. The van der Waals surface area contributed by atoms with Crippen LogP contribution in [0.25, 0.3) is 0 Å². The van der Waals surface area contributed by atoms with Crippen LogP contribution < -0.4 is 0 Å². The Balaban J connectivity index is 1.43. The van der Waals surface area contributed by atoms with Crippen LogP contribution in [0.1, 0.15) is 63.4 Å². The number of carbonyl (C=O) groups excluding carboxylic acids is 1. The summed E-state index contributed by atoms with van der Waals surface area (Å²) in [6, 6.07) is 4.11. The van der Waals surface area contributed by atoms with Gasteiger partial charge in [0, 0.05) is 37.3 Å². The number of hydrogen-bond acceptors (Lipinski definition) is 2. The number of likely N-dealkylation sites (tertiary alicyclic amines) is 1. The van der Waals surface area contributed by atoms with E-state index >= 15 is 0 Å². The van der Waals surface area contributed by atoms with Gasteiger partial charge in [-0.05, 0) is 43.2 Å². The van der Waals surface area contributed by atoms with Crippen LogP contribution in [0.4, 0.5) is 0 Å². The molecule has 22 heavy (non-hydrogen) atoms. The van der Waals surface area contributed by atoms with E-state index in [1.807, 2.05) is 18.5 Å². The van der Waals surface area contributed by atoms with Gasteiger partial charge in [-0.3, -0.25) is 9.78 Å². The van der Waals surface area contributed by atoms with E-state index in [1.54, 1.807) is 0 Å². The second-order valence-electron chi connectivity index (χ2n) is 7.09. The number of carbonyl (C=O) groups is 1. The topological polar surface area (TPSA) is 33.2 Å². The monoisotopic (exact) mass is 300 g/mol. The molecular weight excluding hydrogens is 272 g/mol. The third-order valence-electron chi connectivity index (χ3n) is 5.51. The lowest BCUT2D eigenvalue weighted by Crippen LogP contribution is -2.51. The number of hydrogen-bond donors (Lipinski definition) is 0. The van der Waals surface area contributed by atoms with Gasteiger partial charge in [0.25, 0.3) is 0 Å². The molecule has 0 bridgehead atoms. The van der Waals surface area contributed by atoms with Crippen molar-refractivity contribution in [2.75, 3.05) is 13.1 Å². The zero-order valence-electron chi connectivity index (χ0n) is 13.7. The lowest BCUT2D eigenvalue weighted by atomic mass is 9.78. The van der Waals surface area contributed by atoms with Gasteiger partial charge in [0.1, 0.15) is 0 Å². The molecule has 0 aromatic carbocycles. The number of pyridine rings is 1. The Hall–Kier alpha value is -1.38. The molecule has 1 saturated carbocycles. The highest BCUT2D eigenvalue weighted by Crippen LogP contribution is 2.35. The SMILES string of the molecule is CCCCC1CCC(C(=O)N2CC(c3cccnc3)C2)CC1. The summed E-state index contributed by atoms with van der Waals surface area (Å²) in [7, 11) is 0. The fourth-order valence-electron chi connectivity index (χ4n) is 3.94. The summed E-state index contributed by atoms with van der Waals surface area (Å²) in [5, 5.41) is 0. The smallest absolute Gasteiger partial charge is 0.225 e. The van der Waals surface area contributed by atoms with Crippen molar-refractivity contribution >= 4 is 5.91 Å². The first kappa shape index (κ1) is 15.5. The molecule has 2 heterocycles. The van der Waals surface area contributed by atoms with Gasteiger partial charge in [-0.2, -0.15) is 0 Å². The fraction of sp³-hybridized carbons (Fsp3) is 0.684. The second-order valence-corrected chi connectivity index (χ2v) is 7.09. The minimum absolute atomic E-state index is 0.299. The average Bonchev–Trinajstić information content (AvgIpc) is 2.53. The van der Waals surface area contributed by atoms with E-state index in [4.69, 9.17) is 0 Å². The molecule has 3 nitrogen and oxygen atoms in total. The zero-order valence-corrected chi connectivity index (χ0v) is 13.7. The molecule has 1 amide bonds. The van der Waals surface area contributed by atoms with E-state index in [1.165, 1.54) is 37.7 Å². The summed E-state index contributed by atoms with van der Waals surface area (Å²) in [4.78, 5) is 18.8. The van der Waals surface area contributed by atoms with E-state index in [2.05, 4.69) is 22.9 Å². The summed E-state index contributed by atoms with van der Waals surface area (Å²) >= 11 is 0. The van der Waals surface area contributed by atoms with Crippen LogP contribution in [0.5, 0.6) is 0 Å². The van der Waals surface area contributed by atoms with Crippen molar-refractivity contribution in [2.45, 2.75) is 57.8 Å². The molecule has 0 radical (unpaired) electrons. The molecule has 0 atom stereocenters. The highest BCUT2D eigenvalue weighted by molar-refractivity contribution is 5.80. The Kier molecular flexibility index (Phi) is 5.12. The summed E-state index contributed by atoms with van der Waals surface area (Å²) in [5.74, 6) is 2.09. The molecule has 1 aliphatic heterocycles. The standard InChI is InChI=1S/C19H28N2O/c1-2-3-5-15-7-9-16(10-8-15)19(22)21-13-18(14-21)17-6-4-11-20-12-17/h4,6,11-12,15-16,18H,2-3,5,7-10,13-14H2,1H3. The van der Waals surface area contributed by atoms with E-state index in [9.17, 15) is 4.79 Å². The Labute approximate surface area is 134 Å². The highest BCUT2D eigenvalue weighted by Gasteiger charge is 2.36. The lowest BCUT2D eigenvalue weighted by Gasteiger charge is -2.42. The summed E-state index contributed by atoms with van der Waals surface area (Å²) in [6.07, 6.45) is 12.5. The van der Waals surface area contributed by atoms with E-state index in [-0.39, 0.29) is 0 Å². The number of aromatic nitrogens is 1. The normalized spacial score (nSPS) is 25.8. The van der Waals surface area contributed by atoms with Gasteiger partial charge < -0.3 is 4.90 Å². The summed E-state index contributed by atoms with van der Waals surface area (Å²) in [5.41, 5.74) is 1.27. The van der Waals surface area contributed by atoms with Crippen LogP contribution >= 0.6 is 0 Å². The predicted molar refractivity (Wildman–Crippen MR) is 88.5 cm³/mol. The Morgan fingerprint density at radius 1 is 1.27 bits per heavy atom. The van der Waals surface area contributed by atoms with Crippen molar-refractivity contribution in [1.29, 1.82) is 0 Å². The van der Waals surface area contributed by atoms with Gasteiger partial charge in [-0.15, -0.1) is 0 Å². The molecule has 1 aromatic rings. The molecular formula is C19H28N2O. The molecule has 120 valence electrons. The second kappa shape index (κ2) is 7.26. The lowest BCUT2D eigenvalue weighted by molar-refractivity contribution is -0.141. The van der Waals surface area contributed by atoms with Gasteiger partial charge in [0.2, 0.25) is 5.91 Å². The molecule has 3 heteroatoms. The highest BCUT2D eigenvalue weighted by atomic mass is 16.2. The van der Waals surface area contributed by atoms with Gasteiger partial charge in [-0.25, -0.2) is 0 Å². The quantitative estimate of drug-likeness (QED) is 0.823. The largest absolute Gasteiger partial charge is 0.341 e. The Bertz CT molecular complexity index is 473. The molecule has 2 fully saturated rings. The number of amides is 1. The van der Waals surface area contributed by atoms with E-state index < -0.39 is 0 Å². The van der Waals surface area contributed by atoms with Crippen LogP contribution in [-0.2, 0) is 4.79 Å². The molecule has 1 saturated heterocycles. The summed E-state index contributed by atoms with van der Waals surface area (Å²) in [6.45, 7) is 4.04. The van der Waals surface area contributed by atoms with Gasteiger partial charge in [-0.1, -0.05) is 32.3 Å². The maximum absolute atomic E-state index is 12.6. The first-order valence-corrected chi connectivity index (χ1v) is 8.96. The van der Waals surface area contributed by atoms with Crippen LogP contribution in [0.15, 0.2) is 24.5 Å². The van der Waals surface area contributed by atoms with Gasteiger partial charge >= 0.3 is 0 Å². The minimum atomic E-state index is 0.299. The van der Waals surface area contributed by atoms with Crippen LogP contribution in [0.3, 0.4) is 0 Å². The molecule has 3 rings (SSSR count). The molecule has 2 aliphatic rings. The maximum atomic E-state index is 12.6. The number of unbranched alkanes of at least 4 members (excludes halogenated alkanes) is 1. The fourth-order valence-corrected chi connectivity index (χ4v) is 3.94. The van der Waals surface area contributed by atoms with Crippen molar-refractivity contribution in [1.82, 2.24) is 9.88 Å². The van der Waals surface area contributed by atoms with E-state index in [0.29, 0.717) is 17.7 Å². The van der Waals surface area contributed by atoms with Crippen molar-refractivity contribution < 1.29 is 4.79 Å². The average molecular weight is 300 g/mol. The van der Waals surface area contributed by atoms with Crippen molar-refractivity contribution in [3.8, 4) is 0 Å². The van der Waals surface area contributed by atoms with Crippen LogP contribution in [0, 0.1) is 11.8 Å². The first-order valence-electron chi connectivity index (χ1n) is 8.96. The minimum Gasteiger partial charge on any atom is -0.341 e. The predicted octanol–water partition coefficient (Wildman–Crippen LogP) is 4.00. The first-order chi connectivity index (χ1) is 10.8. The molecule has 0 spiro atoms. The molecule has 0 N–H and O–H groups in total. The Morgan fingerprint density at radius 2 is 2.05 bits per heavy atom. The van der Waals surface area contributed by atoms with Crippen LogP contribution in [-0.4, -0.2) is 28.9 Å². The van der Waals surface area contributed by atoms with Gasteiger partial charge in [0.05, 0.1) is 0 Å². The zero-order chi connectivity index (χ0) is 15.4. The Morgan fingerprint density at radius 3 is 2.68 bits per heavy atom. The molecule has 0 unspecified atom stereocenters. The number of nitrogens with zero attached hydrogens (tertiary/aromatic N) is 2. The van der Waals surface area contributed by atoms with Crippen molar-refractivity contribution in [3.63, 3.8) is 0 Å². The third kappa shape index (κ3) is 3.50.